The first-order valence-electron chi connectivity index (χ1n) is 8.88. The summed E-state index contributed by atoms with van der Waals surface area (Å²) >= 11 is 0. The van der Waals surface area contributed by atoms with Gasteiger partial charge in [0.05, 0.1) is 5.56 Å². The van der Waals surface area contributed by atoms with Gasteiger partial charge in [0.1, 0.15) is 5.69 Å². The Morgan fingerprint density at radius 3 is 2.46 bits per heavy atom. The summed E-state index contributed by atoms with van der Waals surface area (Å²) in [5.74, 6) is -0.0476. The molecule has 130 valence electrons. The third-order valence-corrected chi connectivity index (χ3v) is 5.09. The molecule has 0 heterocycles. The van der Waals surface area contributed by atoms with Gasteiger partial charge in [-0.15, -0.1) is 0 Å². The predicted molar refractivity (Wildman–Crippen MR) is 103 cm³/mol. The van der Waals surface area contributed by atoms with Gasteiger partial charge in [-0.2, -0.15) is 0 Å². The van der Waals surface area contributed by atoms with Gasteiger partial charge in [-0.05, 0) is 61.4 Å². The maximum atomic E-state index is 12.2. The fraction of sp³-hybridized carbons (Fsp3) is 0.227. The zero-order valence-corrected chi connectivity index (χ0v) is 14.6. The van der Waals surface area contributed by atoms with Crippen LogP contribution in [0.1, 0.15) is 41.3 Å². The Bertz CT molecular complexity index is 1090. The molecule has 0 radical (unpaired) electrons. The van der Waals surface area contributed by atoms with Crippen LogP contribution in [0.15, 0.2) is 52.1 Å². The van der Waals surface area contributed by atoms with E-state index in [4.69, 9.17) is 0 Å². The molecule has 3 aromatic rings. The minimum absolute atomic E-state index is 0.0476. The highest BCUT2D eigenvalue weighted by Crippen LogP contribution is 2.30. The molecular weight excluding hydrogens is 326 g/mol. The van der Waals surface area contributed by atoms with Gasteiger partial charge in [-0.25, -0.2) is 0 Å². The van der Waals surface area contributed by atoms with Crippen LogP contribution < -0.4 is 16.2 Å². The summed E-state index contributed by atoms with van der Waals surface area (Å²) < 4.78 is 0. The van der Waals surface area contributed by atoms with Crippen molar-refractivity contribution in [1.82, 2.24) is 0 Å². The summed E-state index contributed by atoms with van der Waals surface area (Å²) in [6, 6.07) is 13.0. The number of benzene rings is 2. The van der Waals surface area contributed by atoms with Gasteiger partial charge < -0.3 is 5.32 Å². The summed E-state index contributed by atoms with van der Waals surface area (Å²) in [5.41, 5.74) is 4.38. The first-order valence-corrected chi connectivity index (χ1v) is 8.88. The smallest absolute Gasteiger partial charge is 0.250 e. The number of fused-ring (bicyclic) bond motifs is 1. The van der Waals surface area contributed by atoms with Gasteiger partial charge in [0.25, 0.3) is 5.43 Å². The number of hydrogen-bond acceptors (Lipinski definition) is 4. The van der Waals surface area contributed by atoms with E-state index in [0.717, 1.165) is 24.8 Å². The second kappa shape index (κ2) is 6.37. The SMILES string of the molecule is CC(=O)c1cccc(Nc2c(-c3ccc4c(c3)CCCC4)c(=O)c2=O)c1. The molecule has 4 rings (SSSR count). The molecule has 0 fully saturated rings. The normalized spacial score (nSPS) is 13.4. The molecule has 4 nitrogen and oxygen atoms in total. The van der Waals surface area contributed by atoms with Crippen LogP contribution in [0.25, 0.3) is 11.1 Å². The lowest BCUT2D eigenvalue weighted by atomic mass is 9.88. The Kier molecular flexibility index (Phi) is 4.03. The van der Waals surface area contributed by atoms with Crippen molar-refractivity contribution in [2.24, 2.45) is 0 Å². The van der Waals surface area contributed by atoms with Crippen molar-refractivity contribution < 1.29 is 4.79 Å². The van der Waals surface area contributed by atoms with E-state index in [-0.39, 0.29) is 5.78 Å². The van der Waals surface area contributed by atoms with Gasteiger partial charge in [0.2, 0.25) is 5.43 Å². The summed E-state index contributed by atoms with van der Waals surface area (Å²) in [7, 11) is 0. The van der Waals surface area contributed by atoms with Crippen molar-refractivity contribution in [2.75, 3.05) is 5.32 Å². The molecule has 0 saturated heterocycles. The molecule has 1 aliphatic carbocycles. The second-order valence-corrected chi connectivity index (χ2v) is 6.86. The number of anilines is 2. The molecule has 0 aliphatic heterocycles. The van der Waals surface area contributed by atoms with E-state index in [2.05, 4.69) is 11.4 Å². The third-order valence-electron chi connectivity index (χ3n) is 5.09. The first-order chi connectivity index (χ1) is 12.5. The minimum atomic E-state index is -0.508. The molecule has 26 heavy (non-hydrogen) atoms. The molecule has 0 aromatic heterocycles. The highest BCUT2D eigenvalue weighted by atomic mass is 16.2. The van der Waals surface area contributed by atoms with E-state index >= 15 is 0 Å². The van der Waals surface area contributed by atoms with E-state index in [1.807, 2.05) is 12.1 Å². The Labute approximate surface area is 151 Å². The molecule has 3 aromatic carbocycles. The van der Waals surface area contributed by atoms with Crippen molar-refractivity contribution in [3.63, 3.8) is 0 Å². The lowest BCUT2D eigenvalue weighted by molar-refractivity contribution is 0.101. The van der Waals surface area contributed by atoms with Crippen LogP contribution in [0.5, 0.6) is 0 Å². The third kappa shape index (κ3) is 2.77. The monoisotopic (exact) mass is 345 g/mol. The maximum absolute atomic E-state index is 12.2. The number of ketones is 1. The lowest BCUT2D eigenvalue weighted by Gasteiger charge is -2.18. The first kappa shape index (κ1) is 16.5. The minimum Gasteiger partial charge on any atom is -0.352 e. The van der Waals surface area contributed by atoms with Gasteiger partial charge in [-0.3, -0.25) is 14.4 Å². The summed E-state index contributed by atoms with van der Waals surface area (Å²) in [6.45, 7) is 1.49. The molecule has 0 unspecified atom stereocenters. The predicted octanol–water partition coefficient (Wildman–Crippen LogP) is 3.77. The van der Waals surface area contributed by atoms with Gasteiger partial charge in [-0.1, -0.05) is 30.3 Å². The van der Waals surface area contributed by atoms with Gasteiger partial charge in [0.15, 0.2) is 5.78 Å². The number of hydrogen-bond donors (Lipinski definition) is 1. The van der Waals surface area contributed by atoms with Gasteiger partial charge >= 0.3 is 0 Å². The highest BCUT2D eigenvalue weighted by Gasteiger charge is 2.23. The molecule has 0 amide bonds. The zero-order valence-electron chi connectivity index (χ0n) is 14.6. The van der Waals surface area contributed by atoms with E-state index in [9.17, 15) is 14.4 Å². The Hall–Kier alpha value is -3.01. The van der Waals surface area contributed by atoms with Crippen LogP contribution in [0.3, 0.4) is 0 Å². The molecular formula is C22H19NO3. The Balaban J connectivity index is 1.71. The summed E-state index contributed by atoms with van der Waals surface area (Å²) in [5, 5.41) is 3.04. The van der Waals surface area contributed by atoms with Crippen LogP contribution >= 0.6 is 0 Å². The topological polar surface area (TPSA) is 63.2 Å². The summed E-state index contributed by atoms with van der Waals surface area (Å²) in [4.78, 5) is 35.9. The van der Waals surface area contributed by atoms with Crippen molar-refractivity contribution in [3.05, 3.63) is 79.6 Å². The number of nitrogens with one attached hydrogen (secondary N) is 1. The molecule has 0 atom stereocenters. The number of carbonyl (C=O) groups is 1. The lowest BCUT2D eigenvalue weighted by Crippen LogP contribution is -2.35. The van der Waals surface area contributed by atoms with Crippen molar-refractivity contribution in [3.8, 4) is 11.1 Å². The fourth-order valence-corrected chi connectivity index (χ4v) is 3.64. The van der Waals surface area contributed by atoms with Crippen molar-refractivity contribution in [2.45, 2.75) is 32.6 Å². The van der Waals surface area contributed by atoms with Crippen LogP contribution in [-0.2, 0) is 12.8 Å². The van der Waals surface area contributed by atoms with Gasteiger partial charge in [0, 0.05) is 11.3 Å². The molecule has 0 saturated carbocycles. The number of Topliss-reactive ketones (excluding diaryl/α,β-unsaturated/α-hetero) is 1. The average molecular weight is 345 g/mol. The zero-order chi connectivity index (χ0) is 18.3. The Morgan fingerprint density at radius 1 is 0.923 bits per heavy atom. The van der Waals surface area contributed by atoms with Crippen LogP contribution in [0.2, 0.25) is 0 Å². The average Bonchev–Trinajstić information content (AvgIpc) is 2.67. The van der Waals surface area contributed by atoms with E-state index in [1.165, 1.54) is 24.5 Å². The van der Waals surface area contributed by atoms with E-state index < -0.39 is 10.9 Å². The summed E-state index contributed by atoms with van der Waals surface area (Å²) in [6.07, 6.45) is 4.45. The van der Waals surface area contributed by atoms with Crippen LogP contribution in [-0.4, -0.2) is 5.78 Å². The number of rotatable bonds is 4. The quantitative estimate of drug-likeness (QED) is 0.577. The maximum Gasteiger partial charge on any atom is 0.250 e. The van der Waals surface area contributed by atoms with E-state index in [1.54, 1.807) is 24.3 Å². The number of aryl methyl sites for hydroxylation is 2. The highest BCUT2D eigenvalue weighted by molar-refractivity contribution is 5.95. The molecule has 0 bridgehead atoms. The molecule has 1 aliphatic rings. The standard InChI is InChI=1S/C22H19NO3/c1-13(24)15-7-4-8-18(12-15)23-20-19(21(25)22(20)26)17-10-9-14-5-2-3-6-16(14)11-17/h4,7-12,23H,2-3,5-6H2,1H3. The number of carbonyl (C=O) groups excluding carboxylic acids is 1. The molecule has 0 spiro atoms. The van der Waals surface area contributed by atoms with E-state index in [0.29, 0.717) is 22.5 Å². The van der Waals surface area contributed by atoms with Crippen molar-refractivity contribution >= 4 is 17.2 Å². The fourth-order valence-electron chi connectivity index (χ4n) is 3.64. The van der Waals surface area contributed by atoms with Crippen LogP contribution in [0, 0.1) is 0 Å². The van der Waals surface area contributed by atoms with Crippen molar-refractivity contribution in [1.29, 1.82) is 0 Å². The largest absolute Gasteiger partial charge is 0.352 e. The molecule has 4 heteroatoms. The molecule has 1 N–H and O–H groups in total. The van der Waals surface area contributed by atoms with Crippen LogP contribution in [0.4, 0.5) is 11.4 Å². The Morgan fingerprint density at radius 2 is 1.69 bits per heavy atom. The second-order valence-electron chi connectivity index (χ2n) is 6.86.